The third-order valence-electron chi connectivity index (χ3n) is 1.61. The monoisotopic (exact) mass is 278 g/mol. The number of nitro groups is 2. The quantitative estimate of drug-likeness (QED) is 0.288. The molecule has 1 aromatic heterocycles. The molecule has 0 aliphatic carbocycles. The number of hydrogen-bond donors (Lipinski definition) is 3. The Balaban J connectivity index is 0.00000225. The van der Waals surface area contributed by atoms with Gasteiger partial charge in [0.2, 0.25) is 11.3 Å². The molecule has 11 heteroatoms. The Kier molecular flexibility index (Phi) is 3.98. The van der Waals surface area contributed by atoms with Crippen LogP contribution in [0.4, 0.5) is 17.2 Å². The summed E-state index contributed by atoms with van der Waals surface area (Å²) in [6.07, 6.45) is 0. The number of nitrogens with two attached hydrogens (primary N) is 1. The maximum absolute atomic E-state index is 10.4. The van der Waals surface area contributed by atoms with Gasteiger partial charge >= 0.3 is 11.4 Å². The van der Waals surface area contributed by atoms with Crippen LogP contribution in [0.25, 0.3) is 0 Å². The minimum atomic E-state index is -1.03. The average molecular weight is 279 g/mol. The second-order valence-electron chi connectivity index (χ2n) is 2.47. The summed E-state index contributed by atoms with van der Waals surface area (Å²) < 4.78 is -0.115. The van der Waals surface area contributed by atoms with Crippen LogP contribution in [0.2, 0.25) is 0 Å². The van der Waals surface area contributed by atoms with E-state index in [1.54, 1.807) is 0 Å². The molecule has 10 nitrogen and oxygen atoms in total. The number of aromatic nitrogens is 1. The molecular formula is C5H5CuN5O5. The molecule has 1 rings (SSSR count). The minimum Gasteiger partial charge on any atom is -0.424 e. The van der Waals surface area contributed by atoms with Crippen LogP contribution < -0.4 is 11.2 Å². The van der Waals surface area contributed by atoms with Gasteiger partial charge in [-0.05, 0) is 0 Å². The van der Waals surface area contributed by atoms with Crippen LogP contribution in [-0.4, -0.2) is 19.8 Å². The molecule has 0 saturated carbocycles. The van der Waals surface area contributed by atoms with E-state index in [4.69, 9.17) is 16.4 Å². The van der Waals surface area contributed by atoms with Gasteiger partial charge in [0.1, 0.15) is 6.07 Å². The van der Waals surface area contributed by atoms with Gasteiger partial charge in [-0.3, -0.25) is 25.6 Å². The first-order valence-electron chi connectivity index (χ1n) is 3.44. The zero-order valence-corrected chi connectivity index (χ0v) is 8.32. The molecule has 1 radical (unpaired) electrons. The molecule has 0 aliphatic heterocycles. The van der Waals surface area contributed by atoms with E-state index in [0.717, 1.165) is 0 Å². The summed E-state index contributed by atoms with van der Waals surface area (Å²) in [7, 11) is 0. The second kappa shape index (κ2) is 4.59. The Hall–Kier alpha value is -2.13. The average Bonchev–Trinajstić information content (AvgIpc) is 2.13. The van der Waals surface area contributed by atoms with Crippen LogP contribution in [0.15, 0.2) is 6.07 Å². The van der Waals surface area contributed by atoms with Gasteiger partial charge < -0.3 is 10.9 Å². The van der Waals surface area contributed by atoms with E-state index in [9.17, 15) is 20.2 Å². The number of hydrogen-bond acceptors (Lipinski definition) is 7. The van der Waals surface area contributed by atoms with Gasteiger partial charge in [0.15, 0.2) is 0 Å². The number of anilines is 1. The van der Waals surface area contributed by atoms with Crippen molar-refractivity contribution in [2.24, 2.45) is 0 Å². The molecule has 0 spiro atoms. The molecule has 1 aromatic rings. The van der Waals surface area contributed by atoms with Crippen LogP contribution in [0.3, 0.4) is 0 Å². The van der Waals surface area contributed by atoms with E-state index in [0.29, 0.717) is 6.07 Å². The number of nitrogens with zero attached hydrogens (tertiary/aromatic N) is 3. The summed E-state index contributed by atoms with van der Waals surface area (Å²) >= 11 is 0. The summed E-state index contributed by atoms with van der Waals surface area (Å²) in [5.41, 5.74) is 2.42. The molecule has 0 saturated heterocycles. The number of pyridine rings is 1. The Morgan fingerprint density at radius 1 is 1.31 bits per heavy atom. The van der Waals surface area contributed by atoms with E-state index in [-0.39, 0.29) is 21.8 Å². The van der Waals surface area contributed by atoms with Crippen LogP contribution >= 0.6 is 0 Å². The molecular weight excluding hydrogens is 274 g/mol. The Bertz CT molecular complexity index is 511. The molecule has 0 atom stereocenters. The van der Waals surface area contributed by atoms with Crippen molar-refractivity contribution in [3.05, 3.63) is 31.8 Å². The maximum atomic E-state index is 10.4. The van der Waals surface area contributed by atoms with Gasteiger partial charge in [-0.15, -0.1) is 4.73 Å². The molecule has 16 heavy (non-hydrogen) atoms. The SMILES string of the molecule is N=c1c([N+](=O)[O-])cc([N+](=O)[O-])c(N)n1O.[Cu]. The summed E-state index contributed by atoms with van der Waals surface area (Å²) in [6, 6.07) is 0.518. The fourth-order valence-electron chi connectivity index (χ4n) is 0.895. The first-order valence-corrected chi connectivity index (χ1v) is 3.44. The molecule has 0 aromatic carbocycles. The van der Waals surface area contributed by atoms with Gasteiger partial charge in [0, 0.05) is 17.1 Å². The summed E-state index contributed by atoms with van der Waals surface area (Å²) in [5.74, 6) is -0.740. The third kappa shape index (κ3) is 2.10. The van der Waals surface area contributed by atoms with Gasteiger partial charge in [-0.2, -0.15) is 0 Å². The Labute approximate surface area is 97.5 Å². The molecule has 91 valence electrons. The van der Waals surface area contributed by atoms with Crippen molar-refractivity contribution in [2.75, 3.05) is 5.73 Å². The van der Waals surface area contributed by atoms with E-state index >= 15 is 0 Å². The smallest absolute Gasteiger partial charge is 0.321 e. The topological polar surface area (TPSA) is 161 Å². The molecule has 0 unspecified atom stereocenters. The largest absolute Gasteiger partial charge is 0.424 e. The van der Waals surface area contributed by atoms with Gasteiger partial charge in [-0.1, -0.05) is 0 Å². The van der Waals surface area contributed by atoms with Crippen molar-refractivity contribution in [3.8, 4) is 0 Å². The van der Waals surface area contributed by atoms with Crippen molar-refractivity contribution in [1.29, 1.82) is 5.41 Å². The van der Waals surface area contributed by atoms with Crippen LogP contribution in [0.5, 0.6) is 0 Å². The summed E-state index contributed by atoms with van der Waals surface area (Å²) in [4.78, 5) is 18.7. The van der Waals surface area contributed by atoms with Gasteiger partial charge in [0.25, 0.3) is 0 Å². The summed E-state index contributed by atoms with van der Waals surface area (Å²) in [5, 5.41) is 36.9. The fourth-order valence-corrected chi connectivity index (χ4v) is 0.895. The predicted molar refractivity (Wildman–Crippen MR) is 45.2 cm³/mol. The Morgan fingerprint density at radius 2 is 1.75 bits per heavy atom. The van der Waals surface area contributed by atoms with Gasteiger partial charge in [-0.25, -0.2) is 0 Å². The second-order valence-corrected chi connectivity index (χ2v) is 2.47. The first kappa shape index (κ1) is 13.9. The summed E-state index contributed by atoms with van der Waals surface area (Å²) in [6.45, 7) is 0. The number of rotatable bonds is 2. The molecule has 0 aliphatic rings. The molecule has 4 N–H and O–H groups in total. The Morgan fingerprint density at radius 3 is 2.12 bits per heavy atom. The predicted octanol–water partition coefficient (Wildman–Crippen LogP) is -0.399. The van der Waals surface area contributed by atoms with E-state index in [1.165, 1.54) is 0 Å². The van der Waals surface area contributed by atoms with Crippen molar-refractivity contribution in [3.63, 3.8) is 0 Å². The van der Waals surface area contributed by atoms with Crippen molar-refractivity contribution in [2.45, 2.75) is 0 Å². The molecule has 0 bridgehead atoms. The number of nitrogen functional groups attached to an aromatic ring is 1. The van der Waals surface area contributed by atoms with Crippen molar-refractivity contribution >= 4 is 17.2 Å². The molecule has 0 fully saturated rings. The van der Waals surface area contributed by atoms with Gasteiger partial charge in [0.05, 0.1) is 9.85 Å². The molecule has 0 amide bonds. The van der Waals surface area contributed by atoms with Crippen molar-refractivity contribution in [1.82, 2.24) is 4.73 Å². The molecule has 1 heterocycles. The maximum Gasteiger partial charge on any atom is 0.321 e. The van der Waals surface area contributed by atoms with E-state index in [1.807, 2.05) is 0 Å². The van der Waals surface area contributed by atoms with Crippen LogP contribution in [0, 0.1) is 25.6 Å². The van der Waals surface area contributed by atoms with Crippen LogP contribution in [-0.2, 0) is 17.1 Å². The number of nitrogens with one attached hydrogen (secondary N) is 1. The third-order valence-corrected chi connectivity index (χ3v) is 1.61. The standard InChI is InChI=1S/C5H5N5O5.Cu/c6-4-2(9(12)13)1-3(10(14)15)5(7)8(4)11;/h1,6,11H,7H2;. The zero-order chi connectivity index (χ0) is 11.7. The fraction of sp³-hybridized carbons (Fsp3) is 0. The van der Waals surface area contributed by atoms with Crippen molar-refractivity contribution < 1.29 is 32.1 Å². The van der Waals surface area contributed by atoms with E-state index < -0.39 is 32.5 Å². The normalized spacial score (nSPS) is 9.25. The van der Waals surface area contributed by atoms with E-state index in [2.05, 4.69) is 0 Å². The minimum absolute atomic E-state index is 0. The zero-order valence-electron chi connectivity index (χ0n) is 7.38. The first-order chi connectivity index (χ1) is 6.86. The van der Waals surface area contributed by atoms with Crippen LogP contribution in [0.1, 0.15) is 0 Å².